The number of halogens is 5. The van der Waals surface area contributed by atoms with Crippen LogP contribution < -0.4 is 10.2 Å². The molecular weight excluding hydrogens is 237 g/mol. The van der Waals surface area contributed by atoms with E-state index in [9.17, 15) is 26.7 Å². The van der Waals surface area contributed by atoms with Gasteiger partial charge in [-0.15, -0.1) is 13.2 Å². The SMILES string of the molecule is Cc1[nH]c(OC(F)(F)F)cc(=O)c1C(F)F. The third kappa shape index (κ3) is 2.94. The number of H-pyrrole nitrogens is 1. The van der Waals surface area contributed by atoms with Crippen molar-refractivity contribution >= 4 is 0 Å². The van der Waals surface area contributed by atoms with E-state index in [0.29, 0.717) is 6.07 Å². The zero-order valence-electron chi connectivity index (χ0n) is 7.86. The predicted octanol–water partition coefficient (Wildman–Crippen LogP) is 2.52. The van der Waals surface area contributed by atoms with Gasteiger partial charge < -0.3 is 9.72 Å². The molecule has 0 bridgehead atoms. The second-order valence-corrected chi connectivity index (χ2v) is 2.89. The zero-order chi connectivity index (χ0) is 12.5. The Morgan fingerprint density at radius 1 is 1.38 bits per heavy atom. The maximum atomic E-state index is 12.3. The minimum Gasteiger partial charge on any atom is -0.390 e. The van der Waals surface area contributed by atoms with Gasteiger partial charge in [-0.25, -0.2) is 8.78 Å². The second-order valence-electron chi connectivity index (χ2n) is 2.89. The van der Waals surface area contributed by atoms with Gasteiger partial charge in [0.1, 0.15) is 0 Å². The smallest absolute Gasteiger partial charge is 0.390 e. The molecule has 0 saturated carbocycles. The lowest BCUT2D eigenvalue weighted by atomic mass is 10.2. The van der Waals surface area contributed by atoms with Gasteiger partial charge in [0, 0.05) is 11.8 Å². The topological polar surface area (TPSA) is 42.1 Å². The summed E-state index contributed by atoms with van der Waals surface area (Å²) >= 11 is 0. The molecule has 0 unspecified atom stereocenters. The van der Waals surface area contributed by atoms with E-state index in [2.05, 4.69) is 4.74 Å². The number of rotatable bonds is 2. The van der Waals surface area contributed by atoms with Crippen LogP contribution in [0.2, 0.25) is 0 Å². The van der Waals surface area contributed by atoms with Crippen molar-refractivity contribution in [2.24, 2.45) is 0 Å². The molecule has 0 aliphatic rings. The lowest BCUT2D eigenvalue weighted by molar-refractivity contribution is -0.276. The number of aryl methyl sites for hydroxylation is 1. The van der Waals surface area contributed by atoms with Crippen LogP contribution >= 0.6 is 0 Å². The zero-order valence-corrected chi connectivity index (χ0v) is 7.86. The van der Waals surface area contributed by atoms with Crippen LogP contribution in [0.4, 0.5) is 22.0 Å². The summed E-state index contributed by atoms with van der Waals surface area (Å²) < 4.78 is 63.3. The molecule has 0 spiro atoms. The number of pyridine rings is 1. The highest BCUT2D eigenvalue weighted by Crippen LogP contribution is 2.23. The summed E-state index contributed by atoms with van der Waals surface area (Å²) in [4.78, 5) is 13.0. The summed E-state index contributed by atoms with van der Waals surface area (Å²) in [7, 11) is 0. The van der Waals surface area contributed by atoms with E-state index >= 15 is 0 Å². The second kappa shape index (κ2) is 4.11. The molecule has 0 atom stereocenters. The van der Waals surface area contributed by atoms with Crippen molar-refractivity contribution < 1.29 is 26.7 Å². The van der Waals surface area contributed by atoms with E-state index in [1.807, 2.05) is 4.98 Å². The molecule has 0 aromatic carbocycles. The van der Waals surface area contributed by atoms with E-state index in [1.165, 1.54) is 0 Å². The number of nitrogens with one attached hydrogen (secondary N) is 1. The van der Waals surface area contributed by atoms with Crippen LogP contribution in [0.5, 0.6) is 5.88 Å². The van der Waals surface area contributed by atoms with Crippen molar-refractivity contribution in [3.05, 3.63) is 27.5 Å². The van der Waals surface area contributed by atoms with Crippen molar-refractivity contribution in [1.82, 2.24) is 4.98 Å². The molecule has 90 valence electrons. The van der Waals surface area contributed by atoms with Gasteiger partial charge in [0.15, 0.2) is 5.43 Å². The lowest BCUT2D eigenvalue weighted by Crippen LogP contribution is -2.21. The molecule has 0 radical (unpaired) electrons. The molecule has 0 fully saturated rings. The van der Waals surface area contributed by atoms with E-state index in [4.69, 9.17) is 0 Å². The average molecular weight is 243 g/mol. The Morgan fingerprint density at radius 2 is 1.94 bits per heavy atom. The number of alkyl halides is 5. The normalized spacial score (nSPS) is 11.9. The summed E-state index contributed by atoms with van der Waals surface area (Å²) in [5, 5.41) is 0. The number of ether oxygens (including phenoxy) is 1. The highest BCUT2D eigenvalue weighted by Gasteiger charge is 2.32. The fourth-order valence-corrected chi connectivity index (χ4v) is 1.12. The number of hydrogen-bond donors (Lipinski definition) is 1. The Labute approximate surface area is 85.8 Å². The molecule has 1 heterocycles. The number of aromatic amines is 1. The first-order valence-electron chi connectivity index (χ1n) is 3.98. The van der Waals surface area contributed by atoms with Crippen LogP contribution in [0.25, 0.3) is 0 Å². The van der Waals surface area contributed by atoms with Gasteiger partial charge in [-0.05, 0) is 6.92 Å². The molecule has 0 aliphatic carbocycles. The Kier molecular flexibility index (Phi) is 3.20. The van der Waals surface area contributed by atoms with Crippen LogP contribution in [-0.4, -0.2) is 11.3 Å². The first kappa shape index (κ1) is 12.5. The predicted molar refractivity (Wildman–Crippen MR) is 43.4 cm³/mol. The molecule has 1 N–H and O–H groups in total. The van der Waals surface area contributed by atoms with E-state index in [-0.39, 0.29) is 5.69 Å². The Hall–Kier alpha value is -1.60. The molecule has 0 amide bonds. The molecule has 8 heteroatoms. The molecule has 3 nitrogen and oxygen atoms in total. The molecule has 1 aromatic heterocycles. The molecule has 1 rings (SSSR count). The molecule has 16 heavy (non-hydrogen) atoms. The Balaban J connectivity index is 3.16. The Bertz CT molecular complexity index is 437. The summed E-state index contributed by atoms with van der Waals surface area (Å²) in [6, 6.07) is 0.335. The quantitative estimate of drug-likeness (QED) is 0.811. The third-order valence-electron chi connectivity index (χ3n) is 1.69. The van der Waals surface area contributed by atoms with Crippen LogP contribution in [0.3, 0.4) is 0 Å². The first-order chi connectivity index (χ1) is 7.20. The molecule has 0 saturated heterocycles. The maximum Gasteiger partial charge on any atom is 0.574 e. The number of aromatic nitrogens is 1. The standard InChI is InChI=1S/C8H6F5NO2/c1-3-6(7(9)10)4(15)2-5(14-3)16-8(11,12)13/h2,7H,1H3,(H,14,15). The fraction of sp³-hybridized carbons (Fsp3) is 0.375. The van der Waals surface area contributed by atoms with Crippen LogP contribution in [0.15, 0.2) is 10.9 Å². The van der Waals surface area contributed by atoms with E-state index in [1.54, 1.807) is 0 Å². The van der Waals surface area contributed by atoms with Gasteiger partial charge in [-0.3, -0.25) is 4.79 Å². The van der Waals surface area contributed by atoms with Gasteiger partial charge in [0.05, 0.1) is 5.56 Å². The highest BCUT2D eigenvalue weighted by atomic mass is 19.4. The van der Waals surface area contributed by atoms with Gasteiger partial charge in [0.2, 0.25) is 5.88 Å². The summed E-state index contributed by atoms with van der Waals surface area (Å²) in [5.74, 6) is -0.917. The molecule has 1 aromatic rings. The van der Waals surface area contributed by atoms with Crippen LogP contribution in [-0.2, 0) is 0 Å². The van der Waals surface area contributed by atoms with Crippen LogP contribution in [0, 0.1) is 6.92 Å². The number of hydrogen-bond acceptors (Lipinski definition) is 2. The van der Waals surface area contributed by atoms with Crippen LogP contribution in [0.1, 0.15) is 17.7 Å². The van der Waals surface area contributed by atoms with Gasteiger partial charge in [0.25, 0.3) is 6.43 Å². The summed E-state index contributed by atoms with van der Waals surface area (Å²) in [5.41, 5.74) is -2.43. The summed E-state index contributed by atoms with van der Waals surface area (Å²) in [6.07, 6.45) is -8.04. The minimum atomic E-state index is -4.98. The van der Waals surface area contributed by atoms with Crippen molar-refractivity contribution in [1.29, 1.82) is 0 Å². The van der Waals surface area contributed by atoms with E-state index in [0.717, 1.165) is 6.92 Å². The first-order valence-corrected chi connectivity index (χ1v) is 3.98. The van der Waals surface area contributed by atoms with Crippen molar-refractivity contribution in [2.75, 3.05) is 0 Å². The summed E-state index contributed by atoms with van der Waals surface area (Å²) in [6.45, 7) is 1.06. The maximum absolute atomic E-state index is 12.3. The molecular formula is C8H6F5NO2. The monoisotopic (exact) mass is 243 g/mol. The fourth-order valence-electron chi connectivity index (χ4n) is 1.12. The van der Waals surface area contributed by atoms with Crippen molar-refractivity contribution in [2.45, 2.75) is 19.7 Å². The van der Waals surface area contributed by atoms with Crippen molar-refractivity contribution in [3.63, 3.8) is 0 Å². The Morgan fingerprint density at radius 3 is 2.31 bits per heavy atom. The minimum absolute atomic E-state index is 0.335. The third-order valence-corrected chi connectivity index (χ3v) is 1.69. The highest BCUT2D eigenvalue weighted by molar-refractivity contribution is 5.26. The lowest BCUT2D eigenvalue weighted by Gasteiger charge is -2.10. The molecule has 0 aliphatic heterocycles. The largest absolute Gasteiger partial charge is 0.574 e. The van der Waals surface area contributed by atoms with Gasteiger partial charge in [-0.2, -0.15) is 0 Å². The van der Waals surface area contributed by atoms with Crippen molar-refractivity contribution in [3.8, 4) is 5.88 Å². The average Bonchev–Trinajstić information content (AvgIpc) is 1.96. The van der Waals surface area contributed by atoms with Gasteiger partial charge in [-0.1, -0.05) is 0 Å². The van der Waals surface area contributed by atoms with E-state index < -0.39 is 29.7 Å². The van der Waals surface area contributed by atoms with Gasteiger partial charge >= 0.3 is 6.36 Å².